The lowest BCUT2D eigenvalue weighted by Gasteiger charge is -2.21. The average molecular weight is 226 g/mol. The van der Waals surface area contributed by atoms with Crippen molar-refractivity contribution in [2.75, 3.05) is 26.2 Å². The van der Waals surface area contributed by atoms with Gasteiger partial charge in [-0.3, -0.25) is 0 Å². The van der Waals surface area contributed by atoms with Crippen molar-refractivity contribution in [2.45, 2.75) is 58.9 Å². The van der Waals surface area contributed by atoms with E-state index in [1.165, 1.54) is 58.3 Å². The molecule has 0 aliphatic heterocycles. The molecule has 96 valence electrons. The molecule has 0 aromatic carbocycles. The fraction of sp³-hybridized carbons (Fsp3) is 1.00. The molecule has 1 fully saturated rings. The molecule has 1 aliphatic rings. The van der Waals surface area contributed by atoms with Crippen molar-refractivity contribution in [2.24, 2.45) is 5.92 Å². The van der Waals surface area contributed by atoms with Crippen LogP contribution in [0.1, 0.15) is 52.9 Å². The summed E-state index contributed by atoms with van der Waals surface area (Å²) in [6.45, 7) is 11.9. The molecule has 1 N–H and O–H groups in total. The molecule has 16 heavy (non-hydrogen) atoms. The predicted octanol–water partition coefficient (Wildman–Crippen LogP) is 2.89. The Hall–Kier alpha value is -0.0800. The molecule has 0 amide bonds. The topological polar surface area (TPSA) is 15.3 Å². The number of hydrogen-bond acceptors (Lipinski definition) is 2. The minimum Gasteiger partial charge on any atom is -0.315 e. The Morgan fingerprint density at radius 3 is 2.50 bits per heavy atom. The molecular weight excluding hydrogens is 196 g/mol. The molecule has 0 unspecified atom stereocenters. The predicted molar refractivity (Wildman–Crippen MR) is 71.8 cm³/mol. The molecule has 1 saturated carbocycles. The Labute approximate surface area is 102 Å². The third-order valence-corrected chi connectivity index (χ3v) is 3.21. The van der Waals surface area contributed by atoms with E-state index in [2.05, 4.69) is 31.0 Å². The van der Waals surface area contributed by atoms with Gasteiger partial charge in [-0.2, -0.15) is 0 Å². The highest BCUT2D eigenvalue weighted by Crippen LogP contribution is 2.29. The van der Waals surface area contributed by atoms with Crippen LogP contribution < -0.4 is 5.32 Å². The highest BCUT2D eigenvalue weighted by atomic mass is 15.1. The van der Waals surface area contributed by atoms with Gasteiger partial charge in [-0.15, -0.1) is 0 Å². The number of rotatable bonds is 10. The molecule has 0 spiro atoms. The molecule has 2 heteroatoms. The van der Waals surface area contributed by atoms with Gasteiger partial charge in [0.25, 0.3) is 0 Å². The zero-order valence-electron chi connectivity index (χ0n) is 11.5. The van der Waals surface area contributed by atoms with Crippen LogP contribution in [0.2, 0.25) is 0 Å². The summed E-state index contributed by atoms with van der Waals surface area (Å²) < 4.78 is 0. The van der Waals surface area contributed by atoms with Crippen molar-refractivity contribution in [1.29, 1.82) is 0 Å². The standard InChI is InChI=1S/C14H30N2/c1-4-10-16(12-14-7-8-14)11-6-5-9-15-13(2)3/h13-15H,4-12H2,1-3H3. The van der Waals surface area contributed by atoms with Gasteiger partial charge < -0.3 is 10.2 Å². The minimum absolute atomic E-state index is 0.637. The first kappa shape index (κ1) is 14.0. The second-order valence-corrected chi connectivity index (χ2v) is 5.56. The molecule has 0 saturated heterocycles. The van der Waals surface area contributed by atoms with Crippen LogP contribution in [0.3, 0.4) is 0 Å². The lowest BCUT2D eigenvalue weighted by Crippen LogP contribution is -2.29. The summed E-state index contributed by atoms with van der Waals surface area (Å²) in [6, 6.07) is 0.637. The van der Waals surface area contributed by atoms with Gasteiger partial charge in [-0.1, -0.05) is 20.8 Å². The Morgan fingerprint density at radius 1 is 1.19 bits per heavy atom. The molecule has 0 atom stereocenters. The third kappa shape index (κ3) is 7.24. The maximum atomic E-state index is 3.49. The summed E-state index contributed by atoms with van der Waals surface area (Å²) in [5.74, 6) is 1.04. The Morgan fingerprint density at radius 2 is 1.94 bits per heavy atom. The summed E-state index contributed by atoms with van der Waals surface area (Å²) in [5, 5.41) is 3.49. The zero-order chi connectivity index (χ0) is 11.8. The molecule has 0 radical (unpaired) electrons. The van der Waals surface area contributed by atoms with E-state index in [1.807, 2.05) is 0 Å². The monoisotopic (exact) mass is 226 g/mol. The van der Waals surface area contributed by atoms with Crippen molar-refractivity contribution in [1.82, 2.24) is 10.2 Å². The van der Waals surface area contributed by atoms with Gasteiger partial charge in [0.15, 0.2) is 0 Å². The summed E-state index contributed by atoms with van der Waals surface area (Å²) in [4.78, 5) is 2.67. The van der Waals surface area contributed by atoms with E-state index >= 15 is 0 Å². The SMILES string of the molecule is CCCN(CCCCNC(C)C)CC1CC1. The molecular formula is C14H30N2. The quantitative estimate of drug-likeness (QED) is 0.576. The smallest absolute Gasteiger partial charge is 0.00103 e. The molecule has 0 bridgehead atoms. The fourth-order valence-electron chi connectivity index (χ4n) is 2.13. The second kappa shape index (κ2) is 8.08. The first-order valence-corrected chi connectivity index (χ1v) is 7.18. The van der Waals surface area contributed by atoms with Crippen molar-refractivity contribution in [3.05, 3.63) is 0 Å². The summed E-state index contributed by atoms with van der Waals surface area (Å²) in [7, 11) is 0. The van der Waals surface area contributed by atoms with E-state index in [9.17, 15) is 0 Å². The highest BCUT2D eigenvalue weighted by molar-refractivity contribution is 4.77. The van der Waals surface area contributed by atoms with Crippen molar-refractivity contribution in [3.63, 3.8) is 0 Å². The van der Waals surface area contributed by atoms with Gasteiger partial charge in [0.2, 0.25) is 0 Å². The summed E-state index contributed by atoms with van der Waals surface area (Å²) >= 11 is 0. The number of nitrogens with zero attached hydrogens (tertiary/aromatic N) is 1. The van der Waals surface area contributed by atoms with Crippen LogP contribution in [0.4, 0.5) is 0 Å². The molecule has 1 aliphatic carbocycles. The van der Waals surface area contributed by atoms with E-state index in [1.54, 1.807) is 0 Å². The highest BCUT2D eigenvalue weighted by Gasteiger charge is 2.23. The maximum Gasteiger partial charge on any atom is 0.00103 e. The maximum absolute atomic E-state index is 3.49. The Bertz CT molecular complexity index is 164. The summed E-state index contributed by atoms with van der Waals surface area (Å²) in [5.41, 5.74) is 0. The van der Waals surface area contributed by atoms with Gasteiger partial charge >= 0.3 is 0 Å². The largest absolute Gasteiger partial charge is 0.315 e. The number of unbranched alkanes of at least 4 members (excludes halogenated alkanes) is 1. The first-order valence-electron chi connectivity index (χ1n) is 7.18. The van der Waals surface area contributed by atoms with E-state index in [0.29, 0.717) is 6.04 Å². The van der Waals surface area contributed by atoms with E-state index in [-0.39, 0.29) is 0 Å². The van der Waals surface area contributed by atoms with Crippen LogP contribution in [0, 0.1) is 5.92 Å². The first-order chi connectivity index (χ1) is 7.72. The van der Waals surface area contributed by atoms with Gasteiger partial charge in [0.1, 0.15) is 0 Å². The van der Waals surface area contributed by atoms with Gasteiger partial charge in [-0.25, -0.2) is 0 Å². The minimum atomic E-state index is 0.637. The van der Waals surface area contributed by atoms with Gasteiger partial charge in [0, 0.05) is 12.6 Å². The van der Waals surface area contributed by atoms with Gasteiger partial charge in [0.05, 0.1) is 0 Å². The fourth-order valence-corrected chi connectivity index (χ4v) is 2.13. The number of nitrogens with one attached hydrogen (secondary N) is 1. The lowest BCUT2D eigenvalue weighted by molar-refractivity contribution is 0.257. The van der Waals surface area contributed by atoms with Crippen LogP contribution in [0.15, 0.2) is 0 Å². The average Bonchev–Trinajstić information content (AvgIpc) is 3.01. The van der Waals surface area contributed by atoms with E-state index in [4.69, 9.17) is 0 Å². The van der Waals surface area contributed by atoms with Crippen molar-refractivity contribution < 1.29 is 0 Å². The van der Waals surface area contributed by atoms with Crippen molar-refractivity contribution in [3.8, 4) is 0 Å². The molecule has 0 heterocycles. The Balaban J connectivity index is 1.97. The van der Waals surface area contributed by atoms with Crippen molar-refractivity contribution >= 4 is 0 Å². The van der Waals surface area contributed by atoms with Crippen LogP contribution in [0.25, 0.3) is 0 Å². The van der Waals surface area contributed by atoms with Crippen LogP contribution in [-0.2, 0) is 0 Å². The zero-order valence-corrected chi connectivity index (χ0v) is 11.5. The lowest BCUT2D eigenvalue weighted by atomic mass is 10.2. The van der Waals surface area contributed by atoms with Gasteiger partial charge in [-0.05, 0) is 57.7 Å². The summed E-state index contributed by atoms with van der Waals surface area (Å²) in [6.07, 6.45) is 6.94. The number of hydrogen-bond donors (Lipinski definition) is 1. The third-order valence-electron chi connectivity index (χ3n) is 3.21. The molecule has 1 rings (SSSR count). The van der Waals surface area contributed by atoms with Crippen LogP contribution in [-0.4, -0.2) is 37.1 Å². The van der Waals surface area contributed by atoms with Crippen LogP contribution >= 0.6 is 0 Å². The Kier molecular flexibility index (Phi) is 7.06. The van der Waals surface area contributed by atoms with E-state index in [0.717, 1.165) is 5.92 Å². The molecule has 2 nitrogen and oxygen atoms in total. The molecule has 0 aromatic rings. The van der Waals surface area contributed by atoms with E-state index < -0.39 is 0 Å². The van der Waals surface area contributed by atoms with Crippen LogP contribution in [0.5, 0.6) is 0 Å². The normalized spacial score (nSPS) is 16.3. The molecule has 0 aromatic heterocycles. The second-order valence-electron chi connectivity index (χ2n) is 5.56.